The summed E-state index contributed by atoms with van der Waals surface area (Å²) in [6.45, 7) is 0.773. The second-order valence-electron chi connectivity index (χ2n) is 9.69. The Morgan fingerprint density at radius 2 is 1.84 bits per heavy atom. The van der Waals surface area contributed by atoms with E-state index >= 15 is 0 Å². The fraction of sp³-hybridized carbons (Fsp3) is 0.370. The molecule has 3 fully saturated rings. The zero-order chi connectivity index (χ0) is 26.2. The number of carbonyl (C=O) groups is 1. The number of methoxy groups -OCH3 is 3. The van der Waals surface area contributed by atoms with Gasteiger partial charge in [-0.05, 0) is 55.7 Å². The van der Waals surface area contributed by atoms with E-state index in [1.165, 1.54) is 25.3 Å². The second-order valence-corrected chi connectivity index (χ2v) is 10.1. The fourth-order valence-corrected chi connectivity index (χ4v) is 5.61. The van der Waals surface area contributed by atoms with E-state index in [0.29, 0.717) is 41.1 Å². The van der Waals surface area contributed by atoms with E-state index in [4.69, 9.17) is 30.5 Å². The van der Waals surface area contributed by atoms with Crippen molar-refractivity contribution in [2.75, 3.05) is 33.3 Å². The Bertz CT molecular complexity index is 1330. The van der Waals surface area contributed by atoms with Crippen LogP contribution in [0.1, 0.15) is 24.8 Å². The third-order valence-corrected chi connectivity index (χ3v) is 7.44. The van der Waals surface area contributed by atoms with Gasteiger partial charge in [0, 0.05) is 34.2 Å². The Morgan fingerprint density at radius 3 is 2.54 bits per heavy atom. The maximum absolute atomic E-state index is 14.6. The largest absolute Gasteiger partial charge is 0.497 e. The molecule has 3 aliphatic carbocycles. The van der Waals surface area contributed by atoms with Gasteiger partial charge >= 0.3 is 5.97 Å². The number of ether oxygens (including phenoxy) is 4. The van der Waals surface area contributed by atoms with Crippen LogP contribution in [-0.2, 0) is 16.1 Å². The average molecular weight is 528 g/mol. The van der Waals surface area contributed by atoms with Gasteiger partial charge in [-0.2, -0.15) is 0 Å². The molecule has 0 unspecified atom stereocenters. The van der Waals surface area contributed by atoms with Gasteiger partial charge < -0.3 is 24.3 Å². The molecule has 0 spiro atoms. The minimum absolute atomic E-state index is 0.0654. The molecular formula is C27H27ClFN3O5. The Labute approximate surface area is 219 Å². The molecule has 194 valence electrons. The number of anilines is 1. The van der Waals surface area contributed by atoms with Crippen LogP contribution in [0.4, 0.5) is 10.1 Å². The number of hydrogen-bond acceptors (Lipinski definition) is 8. The molecule has 2 aromatic carbocycles. The Hall–Kier alpha value is -3.59. The van der Waals surface area contributed by atoms with Crippen LogP contribution in [0.15, 0.2) is 42.5 Å². The molecule has 0 radical (unpaired) electrons. The summed E-state index contributed by atoms with van der Waals surface area (Å²) in [5.74, 6) is 1.00. The van der Waals surface area contributed by atoms with Crippen molar-refractivity contribution < 1.29 is 28.1 Å². The quantitative estimate of drug-likeness (QED) is 0.356. The van der Waals surface area contributed by atoms with E-state index in [9.17, 15) is 9.18 Å². The summed E-state index contributed by atoms with van der Waals surface area (Å²) in [6.07, 6.45) is 2.20. The molecule has 3 saturated carbocycles. The Balaban J connectivity index is 1.38. The van der Waals surface area contributed by atoms with Crippen molar-refractivity contribution in [2.24, 2.45) is 10.8 Å². The zero-order valence-corrected chi connectivity index (χ0v) is 21.5. The van der Waals surface area contributed by atoms with Gasteiger partial charge in [0.05, 0.1) is 39.0 Å². The summed E-state index contributed by atoms with van der Waals surface area (Å²) in [4.78, 5) is 12.0. The topological polar surface area (TPSA) is 91.8 Å². The van der Waals surface area contributed by atoms with Crippen LogP contribution in [0, 0.1) is 16.6 Å². The van der Waals surface area contributed by atoms with E-state index in [-0.39, 0.29) is 28.2 Å². The number of aromatic nitrogens is 2. The molecule has 0 amide bonds. The van der Waals surface area contributed by atoms with Gasteiger partial charge in [0.2, 0.25) is 0 Å². The summed E-state index contributed by atoms with van der Waals surface area (Å²) in [5.41, 5.74) is 1.54. The van der Waals surface area contributed by atoms with Gasteiger partial charge in [0.25, 0.3) is 5.88 Å². The molecule has 1 N–H and O–H groups in total. The molecule has 1 heterocycles. The number of halogens is 2. The number of carbonyl (C=O) groups excluding carboxylic acids is 1. The molecule has 0 aliphatic heterocycles. The molecule has 10 heteroatoms. The lowest BCUT2D eigenvalue weighted by molar-refractivity contribution is -0.233. The molecule has 3 aromatic rings. The van der Waals surface area contributed by atoms with Gasteiger partial charge in [0.1, 0.15) is 23.0 Å². The van der Waals surface area contributed by atoms with Crippen molar-refractivity contribution in [3.63, 3.8) is 0 Å². The predicted octanol–water partition coefficient (Wildman–Crippen LogP) is 5.29. The highest BCUT2D eigenvalue weighted by Gasteiger charge is 2.72. The molecule has 3 aliphatic rings. The van der Waals surface area contributed by atoms with Crippen molar-refractivity contribution in [1.29, 1.82) is 0 Å². The number of benzene rings is 2. The number of nitrogens with zero attached hydrogens (tertiary/aromatic N) is 2. The minimum atomic E-state index is -0.461. The zero-order valence-electron chi connectivity index (χ0n) is 20.8. The summed E-state index contributed by atoms with van der Waals surface area (Å²) in [5, 5.41) is 12.2. The highest BCUT2D eigenvalue weighted by molar-refractivity contribution is 6.30. The molecule has 2 bridgehead atoms. The summed E-state index contributed by atoms with van der Waals surface area (Å²) in [6, 6.07) is 11.5. The monoisotopic (exact) mass is 527 g/mol. The normalized spacial score (nSPS) is 21.3. The lowest BCUT2D eigenvalue weighted by Crippen LogP contribution is -2.67. The van der Waals surface area contributed by atoms with Gasteiger partial charge in [-0.15, -0.1) is 10.2 Å². The van der Waals surface area contributed by atoms with Gasteiger partial charge in [0.15, 0.2) is 0 Å². The third-order valence-electron chi connectivity index (χ3n) is 7.20. The van der Waals surface area contributed by atoms with Crippen LogP contribution in [0.3, 0.4) is 0 Å². The van der Waals surface area contributed by atoms with E-state index in [2.05, 4.69) is 15.5 Å². The van der Waals surface area contributed by atoms with Crippen LogP contribution < -0.4 is 19.5 Å². The maximum Gasteiger partial charge on any atom is 0.311 e. The summed E-state index contributed by atoms with van der Waals surface area (Å²) >= 11 is 6.10. The van der Waals surface area contributed by atoms with Crippen LogP contribution in [0.25, 0.3) is 11.3 Å². The average Bonchev–Trinajstić information content (AvgIpc) is 2.87. The summed E-state index contributed by atoms with van der Waals surface area (Å²) in [7, 11) is 4.60. The van der Waals surface area contributed by atoms with E-state index < -0.39 is 5.82 Å². The smallest absolute Gasteiger partial charge is 0.311 e. The molecule has 37 heavy (non-hydrogen) atoms. The molecular weight excluding hydrogens is 501 g/mol. The SMILES string of the molecule is COC(=O)C12CC(COc3nnc(-c4cc(Cl)ccc4F)cc3NCc3ccc(OC)cc3OC)(C1)C2. The van der Waals surface area contributed by atoms with Crippen molar-refractivity contribution in [2.45, 2.75) is 25.8 Å². The molecule has 6 rings (SSSR count). The Morgan fingerprint density at radius 1 is 1.05 bits per heavy atom. The number of nitrogens with one attached hydrogen (secondary N) is 1. The highest BCUT2D eigenvalue weighted by Crippen LogP contribution is 2.73. The molecule has 0 saturated heterocycles. The third kappa shape index (κ3) is 4.64. The second kappa shape index (κ2) is 9.70. The fourth-order valence-electron chi connectivity index (χ4n) is 5.43. The van der Waals surface area contributed by atoms with E-state index in [0.717, 1.165) is 24.8 Å². The first-order chi connectivity index (χ1) is 17.8. The van der Waals surface area contributed by atoms with E-state index in [1.807, 2.05) is 12.1 Å². The van der Waals surface area contributed by atoms with Crippen molar-refractivity contribution in [3.8, 4) is 28.6 Å². The molecule has 8 nitrogen and oxygen atoms in total. The maximum atomic E-state index is 14.6. The molecule has 1 aromatic heterocycles. The Kier molecular flexibility index (Phi) is 6.58. The van der Waals surface area contributed by atoms with E-state index in [1.54, 1.807) is 26.4 Å². The number of hydrogen-bond donors (Lipinski definition) is 1. The van der Waals surface area contributed by atoms with Crippen molar-refractivity contribution in [1.82, 2.24) is 10.2 Å². The number of rotatable bonds is 10. The van der Waals surface area contributed by atoms with Gasteiger partial charge in [-0.25, -0.2) is 4.39 Å². The van der Waals surface area contributed by atoms with Crippen LogP contribution in [0.5, 0.6) is 17.4 Å². The first-order valence-electron chi connectivity index (χ1n) is 11.8. The van der Waals surface area contributed by atoms with Crippen molar-refractivity contribution in [3.05, 3.63) is 58.9 Å². The molecule has 0 atom stereocenters. The standard InChI is InChI=1S/C27H27ClFN3O5/c1-34-18-6-4-16(23(9-18)35-2)11-30-22-10-21(19-8-17(28)5-7-20(19)29)31-32-24(22)37-15-26-12-27(13-26,14-26)25(33)36-3/h4-10H,11-15H2,1-3H3,(H,30,31). The summed E-state index contributed by atoms with van der Waals surface area (Å²) < 4.78 is 36.4. The minimum Gasteiger partial charge on any atom is -0.497 e. The lowest BCUT2D eigenvalue weighted by atomic mass is 9.35. The predicted molar refractivity (Wildman–Crippen MR) is 136 cm³/mol. The van der Waals surface area contributed by atoms with Crippen molar-refractivity contribution >= 4 is 23.3 Å². The van der Waals surface area contributed by atoms with Crippen LogP contribution >= 0.6 is 11.6 Å². The first-order valence-corrected chi connectivity index (χ1v) is 12.2. The van der Waals surface area contributed by atoms with Gasteiger partial charge in [-0.3, -0.25) is 4.79 Å². The van der Waals surface area contributed by atoms with Gasteiger partial charge in [-0.1, -0.05) is 11.6 Å². The lowest BCUT2D eigenvalue weighted by Gasteiger charge is -2.67. The first kappa shape index (κ1) is 25.1. The van der Waals surface area contributed by atoms with Crippen LogP contribution in [0.2, 0.25) is 5.02 Å². The van der Waals surface area contributed by atoms with Crippen LogP contribution in [-0.4, -0.2) is 44.1 Å². The number of esters is 1. The highest BCUT2D eigenvalue weighted by atomic mass is 35.5.